The first-order valence-corrected chi connectivity index (χ1v) is 8.83. The smallest absolute Gasteiger partial charge is 0.308 e. The molecule has 0 aliphatic rings. The minimum Gasteiger partial charge on any atom is -0.308 e. The number of carbonyl (C=O) groups excluding carboxylic acids is 1. The predicted molar refractivity (Wildman–Crippen MR) is 107 cm³/mol. The van der Waals surface area contributed by atoms with Crippen LogP contribution in [-0.4, -0.2) is 6.03 Å². The molecule has 0 heterocycles. The lowest BCUT2D eigenvalue weighted by Gasteiger charge is -2.22. The van der Waals surface area contributed by atoms with E-state index in [1.165, 1.54) is 12.1 Å². The molecule has 0 bridgehead atoms. The molecule has 3 aromatic rings. The molecule has 3 nitrogen and oxygen atoms in total. The summed E-state index contributed by atoms with van der Waals surface area (Å²) >= 11 is 0. The Balaban J connectivity index is 1.86. The van der Waals surface area contributed by atoms with E-state index in [0.29, 0.717) is 5.69 Å². The fourth-order valence-electron chi connectivity index (χ4n) is 3.13. The van der Waals surface area contributed by atoms with Crippen LogP contribution in [0.15, 0.2) is 60.7 Å². The molecular formula is C22H21F3N2O. The second kappa shape index (κ2) is 7.19. The normalized spacial score (nSPS) is 12.1. The number of hydrogen-bond donors (Lipinski definition) is 2. The maximum atomic E-state index is 12.8. The Morgan fingerprint density at radius 2 is 1.46 bits per heavy atom. The zero-order chi connectivity index (χ0) is 20.5. The van der Waals surface area contributed by atoms with Crippen molar-refractivity contribution >= 4 is 28.2 Å². The van der Waals surface area contributed by atoms with Crippen molar-refractivity contribution in [1.82, 2.24) is 0 Å². The lowest BCUT2D eigenvalue weighted by Crippen LogP contribution is -2.20. The van der Waals surface area contributed by atoms with Crippen LogP contribution in [0.4, 0.5) is 29.3 Å². The van der Waals surface area contributed by atoms with Gasteiger partial charge in [-0.25, -0.2) is 4.79 Å². The molecule has 0 fully saturated rings. The number of urea groups is 1. The van der Waals surface area contributed by atoms with Gasteiger partial charge in [0.2, 0.25) is 0 Å². The summed E-state index contributed by atoms with van der Waals surface area (Å²) in [6.45, 7) is 6.34. The molecule has 3 aromatic carbocycles. The third-order valence-electron chi connectivity index (χ3n) is 4.43. The molecule has 146 valence electrons. The quantitative estimate of drug-likeness (QED) is 0.500. The van der Waals surface area contributed by atoms with Gasteiger partial charge in [0.25, 0.3) is 0 Å². The second-order valence-electron chi connectivity index (χ2n) is 7.61. The number of benzene rings is 3. The number of anilines is 2. The lowest BCUT2D eigenvalue weighted by atomic mass is 9.83. The van der Waals surface area contributed by atoms with E-state index in [4.69, 9.17) is 0 Å². The minimum atomic E-state index is -4.47. The van der Waals surface area contributed by atoms with Crippen molar-refractivity contribution in [2.24, 2.45) is 0 Å². The number of carbonyl (C=O) groups is 1. The molecular weight excluding hydrogens is 365 g/mol. The van der Waals surface area contributed by atoms with Gasteiger partial charge in [0.15, 0.2) is 0 Å². The maximum Gasteiger partial charge on any atom is 0.416 e. The zero-order valence-electron chi connectivity index (χ0n) is 15.8. The highest BCUT2D eigenvalue weighted by Gasteiger charge is 2.30. The largest absolute Gasteiger partial charge is 0.416 e. The summed E-state index contributed by atoms with van der Waals surface area (Å²) in [4.78, 5) is 12.4. The Labute approximate surface area is 161 Å². The molecule has 0 aliphatic carbocycles. The Hall–Kier alpha value is -3.02. The molecule has 28 heavy (non-hydrogen) atoms. The van der Waals surface area contributed by atoms with E-state index >= 15 is 0 Å². The van der Waals surface area contributed by atoms with Gasteiger partial charge >= 0.3 is 12.2 Å². The van der Waals surface area contributed by atoms with Crippen molar-refractivity contribution in [1.29, 1.82) is 0 Å². The third kappa shape index (κ3) is 4.27. The lowest BCUT2D eigenvalue weighted by molar-refractivity contribution is -0.137. The molecule has 0 spiro atoms. The maximum absolute atomic E-state index is 12.8. The van der Waals surface area contributed by atoms with E-state index in [0.717, 1.165) is 28.5 Å². The summed E-state index contributed by atoms with van der Waals surface area (Å²) in [6, 6.07) is 15.4. The Kier molecular flexibility index (Phi) is 5.06. The van der Waals surface area contributed by atoms with E-state index in [-0.39, 0.29) is 11.1 Å². The fraction of sp³-hybridized carbons (Fsp3) is 0.227. The molecule has 0 unspecified atom stereocenters. The van der Waals surface area contributed by atoms with E-state index in [9.17, 15) is 18.0 Å². The molecule has 6 heteroatoms. The summed E-state index contributed by atoms with van der Waals surface area (Å²) in [5.41, 5.74) is 0.923. The van der Waals surface area contributed by atoms with Crippen molar-refractivity contribution in [2.75, 3.05) is 10.6 Å². The molecule has 0 aromatic heterocycles. The van der Waals surface area contributed by atoms with Gasteiger partial charge in [-0.3, -0.25) is 0 Å². The standard InChI is InChI=1S/C22H21F3N2O/c1-21(2,3)18-11-5-10-17-16(18)9-6-12-19(17)27-20(28)26-15-8-4-7-14(13-15)22(23,24)25/h4-13H,1-3H3,(H2,26,27,28). The van der Waals surface area contributed by atoms with Crippen molar-refractivity contribution in [3.63, 3.8) is 0 Å². The number of hydrogen-bond acceptors (Lipinski definition) is 1. The Morgan fingerprint density at radius 1 is 0.821 bits per heavy atom. The van der Waals surface area contributed by atoms with Crippen LogP contribution in [-0.2, 0) is 11.6 Å². The van der Waals surface area contributed by atoms with Crippen LogP contribution in [0.3, 0.4) is 0 Å². The van der Waals surface area contributed by atoms with Crippen LogP contribution in [0.2, 0.25) is 0 Å². The number of fused-ring (bicyclic) bond motifs is 1. The van der Waals surface area contributed by atoms with Crippen LogP contribution in [0.5, 0.6) is 0 Å². The first-order chi connectivity index (χ1) is 13.1. The molecule has 0 saturated heterocycles. The Bertz CT molecular complexity index is 1020. The zero-order valence-corrected chi connectivity index (χ0v) is 15.8. The molecule has 2 N–H and O–H groups in total. The van der Waals surface area contributed by atoms with Crippen LogP contribution in [0.1, 0.15) is 31.9 Å². The molecule has 0 saturated carbocycles. The van der Waals surface area contributed by atoms with Gasteiger partial charge in [0, 0.05) is 11.1 Å². The second-order valence-corrected chi connectivity index (χ2v) is 7.61. The van der Waals surface area contributed by atoms with Crippen LogP contribution in [0, 0.1) is 0 Å². The number of halogens is 3. The summed E-state index contributed by atoms with van der Waals surface area (Å²) in [5, 5.41) is 7.09. The van der Waals surface area contributed by atoms with Crippen molar-refractivity contribution in [3.8, 4) is 0 Å². The van der Waals surface area contributed by atoms with E-state index in [1.54, 1.807) is 6.07 Å². The third-order valence-corrected chi connectivity index (χ3v) is 4.43. The summed E-state index contributed by atoms with van der Waals surface area (Å²) < 4.78 is 38.5. The van der Waals surface area contributed by atoms with Gasteiger partial charge in [0.05, 0.1) is 11.3 Å². The van der Waals surface area contributed by atoms with Gasteiger partial charge < -0.3 is 10.6 Å². The molecule has 2 amide bonds. The molecule has 0 aliphatic heterocycles. The average molecular weight is 386 g/mol. The van der Waals surface area contributed by atoms with Gasteiger partial charge in [-0.15, -0.1) is 0 Å². The van der Waals surface area contributed by atoms with E-state index in [2.05, 4.69) is 37.5 Å². The van der Waals surface area contributed by atoms with Gasteiger partial charge in [0.1, 0.15) is 0 Å². The molecule has 3 rings (SSSR count). The van der Waals surface area contributed by atoms with Gasteiger partial charge in [-0.1, -0.05) is 57.2 Å². The highest BCUT2D eigenvalue weighted by Crippen LogP contribution is 2.33. The van der Waals surface area contributed by atoms with Gasteiger partial charge in [-0.2, -0.15) is 13.2 Å². The molecule has 0 atom stereocenters. The van der Waals surface area contributed by atoms with Crippen LogP contribution in [0.25, 0.3) is 10.8 Å². The Morgan fingerprint density at radius 3 is 2.14 bits per heavy atom. The number of rotatable bonds is 2. The average Bonchev–Trinajstić information content (AvgIpc) is 2.60. The van der Waals surface area contributed by atoms with Crippen molar-refractivity contribution in [2.45, 2.75) is 32.4 Å². The summed E-state index contributed by atoms with van der Waals surface area (Å²) in [5.74, 6) is 0. The predicted octanol–water partition coefficient (Wildman–Crippen LogP) is 6.80. The first kappa shape index (κ1) is 19.7. The number of nitrogens with one attached hydrogen (secondary N) is 2. The highest BCUT2D eigenvalue weighted by atomic mass is 19.4. The topological polar surface area (TPSA) is 41.1 Å². The fourth-order valence-corrected chi connectivity index (χ4v) is 3.13. The van der Waals surface area contributed by atoms with Crippen molar-refractivity contribution in [3.05, 3.63) is 71.8 Å². The van der Waals surface area contributed by atoms with E-state index < -0.39 is 17.8 Å². The SMILES string of the molecule is CC(C)(C)c1cccc2c(NC(=O)Nc3cccc(C(F)(F)F)c3)cccc12. The van der Waals surface area contributed by atoms with Crippen LogP contribution >= 0.6 is 0 Å². The van der Waals surface area contributed by atoms with Crippen molar-refractivity contribution < 1.29 is 18.0 Å². The molecule has 0 radical (unpaired) electrons. The number of alkyl halides is 3. The summed E-state index contributed by atoms with van der Waals surface area (Å²) in [6.07, 6.45) is -4.47. The highest BCUT2D eigenvalue weighted by molar-refractivity contribution is 6.06. The van der Waals surface area contributed by atoms with Crippen LogP contribution < -0.4 is 10.6 Å². The number of amides is 2. The minimum absolute atomic E-state index is 0.0710. The van der Waals surface area contributed by atoms with Gasteiger partial charge in [-0.05, 0) is 40.6 Å². The summed E-state index contributed by atoms with van der Waals surface area (Å²) in [7, 11) is 0. The first-order valence-electron chi connectivity index (χ1n) is 8.83. The monoisotopic (exact) mass is 386 g/mol. The van der Waals surface area contributed by atoms with E-state index in [1.807, 2.05) is 24.3 Å².